The van der Waals surface area contributed by atoms with Crippen LogP contribution in [0.5, 0.6) is 0 Å². The average molecular weight is 616 g/mol. The van der Waals surface area contributed by atoms with Gasteiger partial charge in [0.15, 0.2) is 0 Å². The van der Waals surface area contributed by atoms with E-state index in [0.29, 0.717) is 19.6 Å². The van der Waals surface area contributed by atoms with Crippen molar-refractivity contribution in [2.45, 2.75) is 92.1 Å². The maximum absolute atomic E-state index is 13.6. The van der Waals surface area contributed by atoms with Crippen molar-refractivity contribution in [3.63, 3.8) is 0 Å². The Morgan fingerprint density at radius 2 is 1.66 bits per heavy atom. The molecule has 1 aromatic rings. The van der Waals surface area contributed by atoms with E-state index < -0.39 is 11.5 Å². The number of fused-ring (bicyclic) bond motifs is 1. The van der Waals surface area contributed by atoms with Crippen LogP contribution in [0.2, 0.25) is 0 Å². The Bertz CT molecular complexity index is 1130. The molecule has 1 aromatic carbocycles. The Morgan fingerprint density at radius 1 is 1.09 bits per heavy atom. The molecule has 4 amide bonds. The summed E-state index contributed by atoms with van der Waals surface area (Å²) in [6.45, 7) is 18.9. The first-order valence-electron chi connectivity index (χ1n) is 15.5. The van der Waals surface area contributed by atoms with Gasteiger partial charge in [-0.3, -0.25) is 9.59 Å². The first-order chi connectivity index (χ1) is 20.9. The van der Waals surface area contributed by atoms with Gasteiger partial charge < -0.3 is 30.9 Å². The quantitative estimate of drug-likeness (QED) is 0.305. The van der Waals surface area contributed by atoms with E-state index in [1.54, 1.807) is 32.2 Å². The SMILES string of the molecule is C=C/C=C(\C=C/C)CNC(=O)N1CCC2C1CCN2C(=O)C(NC(=O)[C@H](C)NC)C(C)(C)C.CC.OCc1ccc(F)cc1. The first kappa shape index (κ1) is 38.5. The first-order valence-corrected chi connectivity index (χ1v) is 15.5. The number of aliphatic hydroxyl groups excluding tert-OH is 1. The molecule has 2 saturated heterocycles. The highest BCUT2D eigenvalue weighted by Gasteiger charge is 2.48. The number of benzene rings is 1. The van der Waals surface area contributed by atoms with Gasteiger partial charge >= 0.3 is 6.03 Å². The number of hydrogen-bond donors (Lipinski definition) is 4. The third-order valence-electron chi connectivity index (χ3n) is 7.60. The molecule has 3 unspecified atom stereocenters. The van der Waals surface area contributed by atoms with E-state index in [2.05, 4.69) is 22.5 Å². The van der Waals surface area contributed by atoms with E-state index in [4.69, 9.17) is 5.11 Å². The van der Waals surface area contributed by atoms with Crippen LogP contribution in [0.3, 0.4) is 0 Å². The number of allylic oxidation sites excluding steroid dienone is 3. The van der Waals surface area contributed by atoms with E-state index in [9.17, 15) is 18.8 Å². The minimum Gasteiger partial charge on any atom is -0.392 e. The Morgan fingerprint density at radius 3 is 2.16 bits per heavy atom. The second-order valence-electron chi connectivity index (χ2n) is 11.7. The minimum atomic E-state index is -0.630. The maximum atomic E-state index is 13.6. The molecule has 0 spiro atoms. The zero-order valence-corrected chi connectivity index (χ0v) is 27.8. The molecule has 44 heavy (non-hydrogen) atoms. The zero-order valence-electron chi connectivity index (χ0n) is 27.8. The third kappa shape index (κ3) is 11.2. The van der Waals surface area contributed by atoms with Gasteiger partial charge in [-0.25, -0.2) is 9.18 Å². The Labute approximate surface area is 263 Å². The average Bonchev–Trinajstić information content (AvgIpc) is 3.62. The number of urea groups is 1. The molecule has 0 saturated carbocycles. The summed E-state index contributed by atoms with van der Waals surface area (Å²) in [5.41, 5.74) is 1.27. The van der Waals surface area contributed by atoms with Crippen LogP contribution in [0.25, 0.3) is 0 Å². The van der Waals surface area contributed by atoms with Crippen LogP contribution in [-0.2, 0) is 16.2 Å². The fraction of sp³-hybridized carbons (Fsp3) is 0.559. The summed E-state index contributed by atoms with van der Waals surface area (Å²) in [7, 11) is 1.72. The Hall–Kier alpha value is -3.50. The second-order valence-corrected chi connectivity index (χ2v) is 11.7. The predicted octanol–water partition coefficient (Wildman–Crippen LogP) is 4.54. The summed E-state index contributed by atoms with van der Waals surface area (Å²) < 4.78 is 12.1. The number of hydrogen-bond acceptors (Lipinski definition) is 5. The van der Waals surface area contributed by atoms with Crippen LogP contribution in [-0.4, -0.2) is 83.6 Å². The number of likely N-dealkylation sites (N-methyl/N-ethyl adjacent to an activating group) is 1. The topological polar surface area (TPSA) is 114 Å². The highest BCUT2D eigenvalue weighted by molar-refractivity contribution is 5.90. The second kappa shape index (κ2) is 19.0. The minimum absolute atomic E-state index is 0.00458. The number of halogens is 1. The van der Waals surface area contributed by atoms with Crippen LogP contribution >= 0.6 is 0 Å². The fourth-order valence-corrected chi connectivity index (χ4v) is 5.13. The van der Waals surface area contributed by atoms with Crippen molar-refractivity contribution in [2.24, 2.45) is 5.41 Å². The number of nitrogens with zero attached hydrogens (tertiary/aromatic N) is 2. The van der Waals surface area contributed by atoms with E-state index in [0.717, 1.165) is 24.0 Å². The lowest BCUT2D eigenvalue weighted by atomic mass is 9.85. The zero-order chi connectivity index (χ0) is 33.4. The summed E-state index contributed by atoms with van der Waals surface area (Å²) in [4.78, 5) is 42.7. The number of nitrogens with one attached hydrogen (secondary N) is 3. The molecule has 2 aliphatic rings. The van der Waals surface area contributed by atoms with Gasteiger partial charge in [0.25, 0.3) is 0 Å². The predicted molar refractivity (Wildman–Crippen MR) is 175 cm³/mol. The summed E-state index contributed by atoms with van der Waals surface area (Å²) in [5.74, 6) is -0.538. The number of aliphatic hydroxyl groups is 1. The van der Waals surface area contributed by atoms with Crippen molar-refractivity contribution in [1.29, 1.82) is 0 Å². The molecule has 2 aliphatic heterocycles. The molecule has 10 heteroatoms. The monoisotopic (exact) mass is 615 g/mol. The van der Waals surface area contributed by atoms with Crippen molar-refractivity contribution in [3.8, 4) is 0 Å². The van der Waals surface area contributed by atoms with E-state index >= 15 is 0 Å². The third-order valence-corrected chi connectivity index (χ3v) is 7.60. The maximum Gasteiger partial charge on any atom is 0.317 e. The molecule has 0 aliphatic carbocycles. The molecule has 246 valence electrons. The number of amides is 4. The van der Waals surface area contributed by atoms with Gasteiger partial charge in [-0.15, -0.1) is 0 Å². The van der Waals surface area contributed by atoms with Crippen molar-refractivity contribution < 1.29 is 23.9 Å². The van der Waals surface area contributed by atoms with Crippen LogP contribution in [0.1, 0.15) is 66.9 Å². The molecule has 2 heterocycles. The summed E-state index contributed by atoms with van der Waals surface area (Å²) >= 11 is 0. The number of likely N-dealkylation sites (tertiary alicyclic amines) is 2. The molecule has 3 rings (SSSR count). The summed E-state index contributed by atoms with van der Waals surface area (Å²) in [6, 6.07) is 4.60. The van der Waals surface area contributed by atoms with Crippen molar-refractivity contribution in [1.82, 2.24) is 25.8 Å². The molecule has 9 nitrogen and oxygen atoms in total. The lowest BCUT2D eigenvalue weighted by Crippen LogP contribution is -2.58. The lowest BCUT2D eigenvalue weighted by Gasteiger charge is -2.36. The molecular weight excluding hydrogens is 561 g/mol. The van der Waals surface area contributed by atoms with Crippen molar-refractivity contribution in [3.05, 3.63) is 72.1 Å². The number of rotatable bonds is 9. The van der Waals surface area contributed by atoms with E-state index in [1.165, 1.54) is 12.1 Å². The molecule has 4 atom stereocenters. The normalized spacial score (nSPS) is 19.2. The van der Waals surface area contributed by atoms with Gasteiger partial charge in [0.05, 0.1) is 24.7 Å². The van der Waals surface area contributed by atoms with Gasteiger partial charge in [-0.1, -0.05) is 77.6 Å². The largest absolute Gasteiger partial charge is 0.392 e. The summed E-state index contributed by atoms with van der Waals surface area (Å²) in [5, 5.41) is 17.4. The highest BCUT2D eigenvalue weighted by Crippen LogP contribution is 2.34. The Balaban J connectivity index is 0.000000742. The lowest BCUT2D eigenvalue weighted by molar-refractivity contribution is -0.140. The molecule has 0 radical (unpaired) electrons. The number of carbonyl (C=O) groups is 3. The van der Waals surface area contributed by atoms with Crippen LogP contribution in [0.15, 0.2) is 60.7 Å². The smallest absolute Gasteiger partial charge is 0.317 e. The standard InChI is InChI=1S/C25H41N5O3.C7H7FO.C2H6/c1-8-10-18(11-9-2)16-27-24(33)30-15-13-19-20(30)12-14-29(19)23(32)21(25(4,5)6)28-22(31)17(3)26-7;8-7-3-1-6(5-9)2-4-7;1-2/h8-11,17,19-21,26H,1,12-16H2,2-7H3,(H,27,33)(H,28,31);1-4,9H,5H2;1-2H3/b11-9-,18-10+;;/t17-,19?,20?,21?;;/m0../s1. The fourth-order valence-electron chi connectivity index (χ4n) is 5.13. The molecule has 0 bridgehead atoms. The molecule has 0 aromatic heterocycles. The van der Waals surface area contributed by atoms with E-state index in [-0.39, 0.29) is 48.4 Å². The Kier molecular flexibility index (Phi) is 16.6. The van der Waals surface area contributed by atoms with Crippen molar-refractivity contribution in [2.75, 3.05) is 26.7 Å². The van der Waals surface area contributed by atoms with Gasteiger partial charge in [0, 0.05) is 19.6 Å². The van der Waals surface area contributed by atoms with Crippen LogP contribution in [0, 0.1) is 11.2 Å². The van der Waals surface area contributed by atoms with E-state index in [1.807, 2.05) is 69.6 Å². The molecule has 2 fully saturated rings. The molecular formula is C34H54FN5O4. The van der Waals surface area contributed by atoms with Crippen molar-refractivity contribution >= 4 is 17.8 Å². The van der Waals surface area contributed by atoms with Crippen LogP contribution in [0.4, 0.5) is 9.18 Å². The van der Waals surface area contributed by atoms with Gasteiger partial charge in [-0.05, 0) is 62.4 Å². The van der Waals surface area contributed by atoms with Gasteiger partial charge in [0.2, 0.25) is 11.8 Å². The van der Waals surface area contributed by atoms with Gasteiger partial charge in [-0.2, -0.15) is 0 Å². The molecule has 4 N–H and O–H groups in total. The van der Waals surface area contributed by atoms with Crippen LogP contribution < -0.4 is 16.0 Å². The number of carbonyl (C=O) groups excluding carboxylic acids is 3. The summed E-state index contributed by atoms with van der Waals surface area (Å²) in [6.07, 6.45) is 8.93. The van der Waals surface area contributed by atoms with Gasteiger partial charge in [0.1, 0.15) is 11.9 Å². The highest BCUT2D eigenvalue weighted by atomic mass is 19.1.